The number of rotatable bonds is 3. The molecule has 0 saturated heterocycles. The predicted octanol–water partition coefficient (Wildman–Crippen LogP) is 3.11. The van der Waals surface area contributed by atoms with Crippen molar-refractivity contribution >= 4 is 17.3 Å². The van der Waals surface area contributed by atoms with Gasteiger partial charge in [0, 0.05) is 31.4 Å². The molecular formula is C18H20N2O. The maximum atomic E-state index is 12.4. The first kappa shape index (κ1) is 13.7. The van der Waals surface area contributed by atoms with E-state index < -0.39 is 0 Å². The molecule has 0 saturated carbocycles. The summed E-state index contributed by atoms with van der Waals surface area (Å²) in [5.41, 5.74) is 4.60. The lowest BCUT2D eigenvalue weighted by Gasteiger charge is -2.14. The highest BCUT2D eigenvalue weighted by atomic mass is 16.1. The molecule has 1 amide bonds. The number of nitrogens with zero attached hydrogens (tertiary/aromatic N) is 1. The van der Waals surface area contributed by atoms with Crippen LogP contribution in [0.1, 0.15) is 11.1 Å². The van der Waals surface area contributed by atoms with Gasteiger partial charge in [0.2, 0.25) is 5.91 Å². The van der Waals surface area contributed by atoms with Crippen molar-refractivity contribution in [2.75, 3.05) is 24.3 Å². The first-order valence-electron chi connectivity index (χ1n) is 7.28. The van der Waals surface area contributed by atoms with Gasteiger partial charge < -0.3 is 10.2 Å². The highest BCUT2D eigenvalue weighted by Crippen LogP contribution is 2.27. The van der Waals surface area contributed by atoms with Crippen LogP contribution in [0.25, 0.3) is 0 Å². The summed E-state index contributed by atoms with van der Waals surface area (Å²) < 4.78 is 0. The van der Waals surface area contributed by atoms with Crippen molar-refractivity contribution in [2.24, 2.45) is 5.92 Å². The van der Waals surface area contributed by atoms with Gasteiger partial charge in [0.05, 0.1) is 0 Å². The third kappa shape index (κ3) is 2.92. The molecule has 3 rings (SSSR count). The van der Waals surface area contributed by atoms with Crippen molar-refractivity contribution in [3.8, 4) is 0 Å². The van der Waals surface area contributed by atoms with Gasteiger partial charge in [0.15, 0.2) is 0 Å². The molecule has 3 heteroatoms. The van der Waals surface area contributed by atoms with Crippen molar-refractivity contribution in [3.05, 3.63) is 59.7 Å². The van der Waals surface area contributed by atoms with Crippen LogP contribution < -0.4 is 10.2 Å². The second-order valence-electron chi connectivity index (χ2n) is 5.80. The quantitative estimate of drug-likeness (QED) is 0.937. The first-order chi connectivity index (χ1) is 10.1. The maximum Gasteiger partial charge on any atom is 0.228 e. The van der Waals surface area contributed by atoms with Crippen molar-refractivity contribution < 1.29 is 4.79 Å². The zero-order chi connectivity index (χ0) is 14.8. The zero-order valence-corrected chi connectivity index (χ0v) is 12.5. The standard InChI is InChI=1S/C18H20N2O/c1-20(2)17-9-7-16(8-10-17)19-18(21)15-11-13-5-3-4-6-14(13)12-15/h3-10,15H,11-12H2,1-2H3,(H,19,21). The Balaban J connectivity index is 1.65. The Morgan fingerprint density at radius 2 is 1.57 bits per heavy atom. The van der Waals surface area contributed by atoms with Crippen LogP contribution in [-0.4, -0.2) is 20.0 Å². The highest BCUT2D eigenvalue weighted by molar-refractivity contribution is 5.93. The van der Waals surface area contributed by atoms with Crippen molar-refractivity contribution in [1.82, 2.24) is 0 Å². The topological polar surface area (TPSA) is 32.3 Å². The molecular weight excluding hydrogens is 260 g/mol. The van der Waals surface area contributed by atoms with Crippen LogP contribution in [0.4, 0.5) is 11.4 Å². The van der Waals surface area contributed by atoms with Gasteiger partial charge in [-0.15, -0.1) is 0 Å². The molecule has 0 fully saturated rings. The van der Waals surface area contributed by atoms with Gasteiger partial charge in [0.25, 0.3) is 0 Å². The number of hydrogen-bond acceptors (Lipinski definition) is 2. The van der Waals surface area contributed by atoms with Crippen LogP contribution in [-0.2, 0) is 17.6 Å². The largest absolute Gasteiger partial charge is 0.378 e. The molecule has 0 unspecified atom stereocenters. The van der Waals surface area contributed by atoms with Gasteiger partial charge in [0.1, 0.15) is 0 Å². The van der Waals surface area contributed by atoms with E-state index in [0.717, 1.165) is 24.2 Å². The fourth-order valence-corrected chi connectivity index (χ4v) is 2.83. The maximum absolute atomic E-state index is 12.4. The normalized spacial score (nSPS) is 13.8. The van der Waals surface area contributed by atoms with Crippen LogP contribution in [0, 0.1) is 5.92 Å². The SMILES string of the molecule is CN(C)c1ccc(NC(=O)C2Cc3ccccc3C2)cc1. The highest BCUT2D eigenvalue weighted by Gasteiger charge is 2.26. The summed E-state index contributed by atoms with van der Waals surface area (Å²) in [6, 6.07) is 16.3. The van der Waals surface area contributed by atoms with Crippen LogP contribution in [0.2, 0.25) is 0 Å². The Kier molecular flexibility index (Phi) is 3.65. The lowest BCUT2D eigenvalue weighted by molar-refractivity contribution is -0.119. The molecule has 1 N–H and O–H groups in total. The zero-order valence-electron chi connectivity index (χ0n) is 12.5. The molecule has 0 aromatic heterocycles. The summed E-state index contributed by atoms with van der Waals surface area (Å²) >= 11 is 0. The fraction of sp³-hybridized carbons (Fsp3) is 0.278. The fourth-order valence-electron chi connectivity index (χ4n) is 2.83. The molecule has 1 aliphatic rings. The minimum atomic E-state index is 0.0518. The number of carbonyl (C=O) groups is 1. The Morgan fingerprint density at radius 3 is 2.10 bits per heavy atom. The second-order valence-corrected chi connectivity index (χ2v) is 5.80. The third-order valence-electron chi connectivity index (χ3n) is 4.07. The van der Waals surface area contributed by atoms with Gasteiger partial charge >= 0.3 is 0 Å². The van der Waals surface area contributed by atoms with Crippen molar-refractivity contribution in [1.29, 1.82) is 0 Å². The average molecular weight is 280 g/mol. The Morgan fingerprint density at radius 1 is 1.00 bits per heavy atom. The van der Waals surface area contributed by atoms with E-state index >= 15 is 0 Å². The minimum Gasteiger partial charge on any atom is -0.378 e. The monoisotopic (exact) mass is 280 g/mol. The van der Waals surface area contributed by atoms with Crippen LogP contribution >= 0.6 is 0 Å². The van der Waals surface area contributed by atoms with Crippen molar-refractivity contribution in [2.45, 2.75) is 12.8 Å². The third-order valence-corrected chi connectivity index (χ3v) is 4.07. The smallest absolute Gasteiger partial charge is 0.228 e. The second kappa shape index (κ2) is 5.60. The molecule has 1 aliphatic carbocycles. The van der Waals surface area contributed by atoms with E-state index in [9.17, 15) is 4.79 Å². The number of anilines is 2. The summed E-state index contributed by atoms with van der Waals surface area (Å²) in [5.74, 6) is 0.166. The van der Waals surface area contributed by atoms with Gasteiger partial charge in [-0.05, 0) is 48.2 Å². The summed E-state index contributed by atoms with van der Waals surface area (Å²) in [6.45, 7) is 0. The molecule has 3 nitrogen and oxygen atoms in total. The Hall–Kier alpha value is -2.29. The number of nitrogens with one attached hydrogen (secondary N) is 1. The molecule has 0 bridgehead atoms. The van der Waals surface area contributed by atoms with Crippen LogP contribution in [0.5, 0.6) is 0 Å². The van der Waals surface area contributed by atoms with E-state index in [1.54, 1.807) is 0 Å². The van der Waals surface area contributed by atoms with E-state index in [-0.39, 0.29) is 11.8 Å². The van der Waals surface area contributed by atoms with Crippen molar-refractivity contribution in [3.63, 3.8) is 0 Å². The molecule has 2 aromatic rings. The van der Waals surface area contributed by atoms with Crippen LogP contribution in [0.3, 0.4) is 0 Å². The number of hydrogen-bond donors (Lipinski definition) is 1. The number of amides is 1. The molecule has 0 aliphatic heterocycles. The van der Waals surface area contributed by atoms with Gasteiger partial charge in [-0.1, -0.05) is 24.3 Å². The van der Waals surface area contributed by atoms with E-state index in [1.807, 2.05) is 55.4 Å². The summed E-state index contributed by atoms with van der Waals surface area (Å²) in [4.78, 5) is 14.4. The molecule has 0 atom stereocenters. The summed E-state index contributed by atoms with van der Waals surface area (Å²) in [5, 5.41) is 3.03. The Labute approximate surface area is 125 Å². The summed E-state index contributed by atoms with van der Waals surface area (Å²) in [7, 11) is 4.01. The molecule has 108 valence electrons. The lowest BCUT2D eigenvalue weighted by atomic mass is 10.1. The number of benzene rings is 2. The first-order valence-corrected chi connectivity index (χ1v) is 7.28. The predicted molar refractivity (Wildman–Crippen MR) is 86.7 cm³/mol. The van der Waals surface area contributed by atoms with Crippen LogP contribution in [0.15, 0.2) is 48.5 Å². The summed E-state index contributed by atoms with van der Waals surface area (Å²) in [6.07, 6.45) is 1.69. The minimum absolute atomic E-state index is 0.0518. The molecule has 0 spiro atoms. The van der Waals surface area contributed by atoms with Gasteiger partial charge in [-0.3, -0.25) is 4.79 Å². The number of fused-ring (bicyclic) bond motifs is 1. The molecule has 0 radical (unpaired) electrons. The van der Waals surface area contributed by atoms with E-state index in [4.69, 9.17) is 0 Å². The van der Waals surface area contributed by atoms with E-state index in [0.29, 0.717) is 0 Å². The average Bonchev–Trinajstić information content (AvgIpc) is 2.92. The molecule has 0 heterocycles. The van der Waals surface area contributed by atoms with Gasteiger partial charge in [-0.25, -0.2) is 0 Å². The lowest BCUT2D eigenvalue weighted by Crippen LogP contribution is -2.23. The van der Waals surface area contributed by atoms with E-state index in [2.05, 4.69) is 17.4 Å². The molecule has 2 aromatic carbocycles. The Bertz CT molecular complexity index is 622. The number of carbonyl (C=O) groups excluding carboxylic acids is 1. The van der Waals surface area contributed by atoms with E-state index in [1.165, 1.54) is 11.1 Å². The van der Waals surface area contributed by atoms with Gasteiger partial charge in [-0.2, -0.15) is 0 Å². The molecule has 21 heavy (non-hydrogen) atoms.